The molecule has 0 fully saturated rings. The molecule has 16 heavy (non-hydrogen) atoms. The minimum absolute atomic E-state index is 0.616. The third-order valence-corrected chi connectivity index (χ3v) is 4.49. The predicted molar refractivity (Wildman–Crippen MR) is 72.1 cm³/mol. The second-order valence-electron chi connectivity index (χ2n) is 4.90. The maximum absolute atomic E-state index is 2.40. The lowest BCUT2D eigenvalue weighted by atomic mass is 10.1. The Kier molecular flexibility index (Phi) is 3.93. The Balaban J connectivity index is 2.11. The van der Waals surface area contributed by atoms with Crippen LogP contribution in [0.5, 0.6) is 0 Å². The van der Waals surface area contributed by atoms with Gasteiger partial charge < -0.3 is 0 Å². The van der Waals surface area contributed by atoms with E-state index in [0.717, 1.165) is 6.54 Å². The summed E-state index contributed by atoms with van der Waals surface area (Å²) in [6.45, 7) is 5.55. The van der Waals surface area contributed by atoms with Crippen molar-refractivity contribution in [3.63, 3.8) is 0 Å². The van der Waals surface area contributed by atoms with Crippen LogP contribution >= 0.6 is 11.8 Å². The normalized spacial score (nSPS) is 15.6. The number of rotatable bonds is 3. The Hall–Kier alpha value is -0.470. The van der Waals surface area contributed by atoms with E-state index in [2.05, 4.69) is 44.0 Å². The highest BCUT2D eigenvalue weighted by atomic mass is 32.2. The summed E-state index contributed by atoms with van der Waals surface area (Å²) < 4.78 is 0. The van der Waals surface area contributed by atoms with E-state index in [1.807, 2.05) is 11.8 Å². The SMILES string of the molecule is CC(C)N(C)Cc1ccc2c(c1)CCCS2. The third kappa shape index (κ3) is 2.80. The molecule has 0 saturated carbocycles. The Bertz CT molecular complexity index is 360. The number of fused-ring (bicyclic) bond motifs is 1. The van der Waals surface area contributed by atoms with Gasteiger partial charge in [0.25, 0.3) is 0 Å². The maximum atomic E-state index is 2.40. The molecule has 1 nitrogen and oxygen atoms in total. The monoisotopic (exact) mass is 235 g/mol. The van der Waals surface area contributed by atoms with Crippen LogP contribution < -0.4 is 0 Å². The van der Waals surface area contributed by atoms with E-state index < -0.39 is 0 Å². The van der Waals surface area contributed by atoms with E-state index in [4.69, 9.17) is 0 Å². The second kappa shape index (κ2) is 5.24. The van der Waals surface area contributed by atoms with Gasteiger partial charge in [-0.05, 0) is 56.7 Å². The van der Waals surface area contributed by atoms with Crippen LogP contribution in [-0.4, -0.2) is 23.7 Å². The number of hydrogen-bond donors (Lipinski definition) is 0. The molecule has 0 radical (unpaired) electrons. The van der Waals surface area contributed by atoms with Crippen molar-refractivity contribution < 1.29 is 0 Å². The Morgan fingerprint density at radius 1 is 1.38 bits per heavy atom. The van der Waals surface area contributed by atoms with Crippen LogP contribution in [0.25, 0.3) is 0 Å². The van der Waals surface area contributed by atoms with Crippen LogP contribution in [0.15, 0.2) is 23.1 Å². The summed E-state index contributed by atoms with van der Waals surface area (Å²) >= 11 is 2.01. The smallest absolute Gasteiger partial charge is 0.0233 e. The highest BCUT2D eigenvalue weighted by Crippen LogP contribution is 2.30. The molecule has 88 valence electrons. The van der Waals surface area contributed by atoms with Gasteiger partial charge >= 0.3 is 0 Å². The molecule has 0 amide bonds. The molecule has 1 aromatic carbocycles. The van der Waals surface area contributed by atoms with Crippen LogP contribution in [0.4, 0.5) is 0 Å². The van der Waals surface area contributed by atoms with Gasteiger partial charge in [-0.25, -0.2) is 0 Å². The Morgan fingerprint density at radius 3 is 2.94 bits per heavy atom. The fourth-order valence-electron chi connectivity index (χ4n) is 1.98. The topological polar surface area (TPSA) is 3.24 Å². The van der Waals surface area contributed by atoms with Crippen molar-refractivity contribution in [2.75, 3.05) is 12.8 Å². The van der Waals surface area contributed by atoms with Crippen LogP contribution in [0.1, 0.15) is 31.4 Å². The first-order chi connectivity index (χ1) is 7.66. The molecular formula is C14H21NS. The molecule has 0 aromatic heterocycles. The van der Waals surface area contributed by atoms with Gasteiger partial charge in [0, 0.05) is 17.5 Å². The first kappa shape index (κ1) is 12.0. The zero-order valence-corrected chi connectivity index (χ0v) is 11.3. The highest BCUT2D eigenvalue weighted by Gasteiger charge is 2.11. The summed E-state index contributed by atoms with van der Waals surface area (Å²) in [4.78, 5) is 3.89. The minimum atomic E-state index is 0.616. The summed E-state index contributed by atoms with van der Waals surface area (Å²) in [6, 6.07) is 7.62. The standard InChI is InChI=1S/C14H21NS/c1-11(2)15(3)10-12-6-7-14-13(9-12)5-4-8-16-14/h6-7,9,11H,4-5,8,10H2,1-3H3. The van der Waals surface area contributed by atoms with Crippen molar-refractivity contribution in [3.8, 4) is 0 Å². The molecule has 0 aliphatic carbocycles. The first-order valence-corrected chi connectivity index (χ1v) is 7.10. The van der Waals surface area contributed by atoms with Crippen LogP contribution in [0.2, 0.25) is 0 Å². The van der Waals surface area contributed by atoms with Gasteiger partial charge in [0.2, 0.25) is 0 Å². The average molecular weight is 235 g/mol. The molecule has 0 atom stereocenters. The summed E-state index contributed by atoms with van der Waals surface area (Å²) in [6.07, 6.45) is 2.60. The van der Waals surface area contributed by atoms with E-state index in [0.29, 0.717) is 6.04 Å². The maximum Gasteiger partial charge on any atom is 0.0233 e. The van der Waals surface area contributed by atoms with Gasteiger partial charge in [-0.1, -0.05) is 12.1 Å². The van der Waals surface area contributed by atoms with E-state index >= 15 is 0 Å². The average Bonchev–Trinajstić information content (AvgIpc) is 2.28. The number of thioether (sulfide) groups is 1. The van der Waals surface area contributed by atoms with Gasteiger partial charge in [0.1, 0.15) is 0 Å². The lowest BCUT2D eigenvalue weighted by molar-refractivity contribution is 0.265. The number of benzene rings is 1. The molecular weight excluding hydrogens is 214 g/mol. The zero-order valence-electron chi connectivity index (χ0n) is 10.5. The summed E-state index contributed by atoms with van der Waals surface area (Å²) in [7, 11) is 2.19. The highest BCUT2D eigenvalue weighted by molar-refractivity contribution is 7.99. The summed E-state index contributed by atoms with van der Waals surface area (Å²) in [5.41, 5.74) is 3.02. The molecule has 0 N–H and O–H groups in total. The lowest BCUT2D eigenvalue weighted by Crippen LogP contribution is -2.25. The fourth-order valence-corrected chi connectivity index (χ4v) is 3.00. The largest absolute Gasteiger partial charge is 0.300 e. The summed E-state index contributed by atoms with van der Waals surface area (Å²) in [5, 5.41) is 0. The molecule has 0 bridgehead atoms. The van der Waals surface area contributed by atoms with Crippen molar-refractivity contribution >= 4 is 11.8 Å². The number of nitrogens with zero attached hydrogens (tertiary/aromatic N) is 1. The van der Waals surface area contributed by atoms with Gasteiger partial charge in [0.15, 0.2) is 0 Å². The lowest BCUT2D eigenvalue weighted by Gasteiger charge is -2.22. The van der Waals surface area contributed by atoms with Crippen molar-refractivity contribution in [2.45, 2.75) is 44.2 Å². The van der Waals surface area contributed by atoms with E-state index in [1.54, 1.807) is 5.56 Å². The first-order valence-electron chi connectivity index (χ1n) is 6.11. The Morgan fingerprint density at radius 2 is 2.19 bits per heavy atom. The van der Waals surface area contributed by atoms with Crippen molar-refractivity contribution in [2.24, 2.45) is 0 Å². The number of hydrogen-bond acceptors (Lipinski definition) is 2. The Labute approximate surface area is 103 Å². The third-order valence-electron chi connectivity index (χ3n) is 3.29. The van der Waals surface area contributed by atoms with Crippen LogP contribution in [0.3, 0.4) is 0 Å². The summed E-state index contributed by atoms with van der Waals surface area (Å²) in [5.74, 6) is 1.29. The quantitative estimate of drug-likeness (QED) is 0.788. The van der Waals surface area contributed by atoms with Crippen molar-refractivity contribution in [3.05, 3.63) is 29.3 Å². The molecule has 1 aromatic rings. The van der Waals surface area contributed by atoms with Crippen LogP contribution in [0, 0.1) is 0 Å². The van der Waals surface area contributed by atoms with Gasteiger partial charge in [-0.3, -0.25) is 4.90 Å². The van der Waals surface area contributed by atoms with E-state index in [9.17, 15) is 0 Å². The second-order valence-corrected chi connectivity index (χ2v) is 6.04. The molecule has 0 spiro atoms. The van der Waals surface area contributed by atoms with E-state index in [-0.39, 0.29) is 0 Å². The van der Waals surface area contributed by atoms with Gasteiger partial charge in [-0.2, -0.15) is 0 Å². The molecule has 2 rings (SSSR count). The molecule has 2 heteroatoms. The molecule has 0 saturated heterocycles. The van der Waals surface area contributed by atoms with E-state index in [1.165, 1.54) is 29.1 Å². The van der Waals surface area contributed by atoms with Crippen molar-refractivity contribution in [1.29, 1.82) is 0 Å². The van der Waals surface area contributed by atoms with Gasteiger partial charge in [-0.15, -0.1) is 11.8 Å². The predicted octanol–water partition coefficient (Wildman–Crippen LogP) is 3.57. The molecule has 1 aliphatic heterocycles. The molecule has 1 aliphatic rings. The molecule has 0 unspecified atom stereocenters. The minimum Gasteiger partial charge on any atom is -0.300 e. The number of aryl methyl sites for hydroxylation is 1. The zero-order chi connectivity index (χ0) is 11.5. The van der Waals surface area contributed by atoms with Crippen molar-refractivity contribution in [1.82, 2.24) is 4.90 Å². The molecule has 1 heterocycles. The fraction of sp³-hybridized carbons (Fsp3) is 0.571. The van der Waals surface area contributed by atoms with Gasteiger partial charge in [0.05, 0.1) is 0 Å². The van der Waals surface area contributed by atoms with Crippen LogP contribution in [-0.2, 0) is 13.0 Å².